The summed E-state index contributed by atoms with van der Waals surface area (Å²) in [6, 6.07) is 9.04. The standard InChI is InChI=1S/C24H19F5N6O/c25-23(26)5-6-35(13-23)12-14-7-16(10-30-9-14)15-1-3-19-18(8-15)21(34-33-19)22(36)32-17-2-4-20(31-11-17)24(27,28)29/h1-4,7-11H,5-6,12-13H2,(H,32,36)(H,33,34). The number of aromatic amines is 1. The Morgan fingerprint density at radius 3 is 2.61 bits per heavy atom. The van der Waals surface area contributed by atoms with Gasteiger partial charge in [0.25, 0.3) is 11.8 Å². The normalized spacial score (nSPS) is 15.9. The third-order valence-corrected chi connectivity index (χ3v) is 5.87. The third-order valence-electron chi connectivity index (χ3n) is 5.87. The van der Waals surface area contributed by atoms with Crippen molar-refractivity contribution >= 4 is 22.5 Å². The molecule has 1 aliphatic heterocycles. The largest absolute Gasteiger partial charge is 0.433 e. The molecule has 12 heteroatoms. The van der Waals surface area contributed by atoms with Gasteiger partial charge in [0.2, 0.25) is 0 Å². The molecular formula is C24H19F5N6O. The highest BCUT2D eigenvalue weighted by atomic mass is 19.4. The highest BCUT2D eigenvalue weighted by Gasteiger charge is 2.38. The van der Waals surface area contributed by atoms with Gasteiger partial charge in [-0.3, -0.25) is 19.8 Å². The van der Waals surface area contributed by atoms with Crippen molar-refractivity contribution in [3.8, 4) is 11.1 Å². The van der Waals surface area contributed by atoms with Crippen molar-refractivity contribution in [2.45, 2.75) is 25.1 Å². The Balaban J connectivity index is 1.36. The molecule has 3 aromatic heterocycles. The van der Waals surface area contributed by atoms with Crippen LogP contribution in [0.25, 0.3) is 22.0 Å². The number of benzene rings is 1. The summed E-state index contributed by atoms with van der Waals surface area (Å²) in [7, 11) is 0. The van der Waals surface area contributed by atoms with Crippen LogP contribution in [0.3, 0.4) is 0 Å². The Morgan fingerprint density at radius 1 is 1.08 bits per heavy atom. The summed E-state index contributed by atoms with van der Waals surface area (Å²) < 4.78 is 65.2. The van der Waals surface area contributed by atoms with E-state index in [-0.39, 0.29) is 24.3 Å². The molecule has 0 atom stereocenters. The van der Waals surface area contributed by atoms with Crippen molar-refractivity contribution in [1.29, 1.82) is 0 Å². The minimum absolute atomic E-state index is 0.0511. The molecule has 4 aromatic rings. The van der Waals surface area contributed by atoms with Gasteiger partial charge in [0.1, 0.15) is 5.69 Å². The third kappa shape index (κ3) is 5.03. The van der Waals surface area contributed by atoms with Gasteiger partial charge in [-0.1, -0.05) is 6.07 Å². The van der Waals surface area contributed by atoms with Gasteiger partial charge in [-0.05, 0) is 41.5 Å². The van der Waals surface area contributed by atoms with Crippen molar-refractivity contribution in [3.63, 3.8) is 0 Å². The van der Waals surface area contributed by atoms with E-state index >= 15 is 0 Å². The van der Waals surface area contributed by atoms with Crippen molar-refractivity contribution in [2.24, 2.45) is 0 Å². The van der Waals surface area contributed by atoms with Crippen LogP contribution in [0.2, 0.25) is 0 Å². The Morgan fingerprint density at radius 2 is 1.92 bits per heavy atom. The first-order valence-corrected chi connectivity index (χ1v) is 10.9. The van der Waals surface area contributed by atoms with Crippen molar-refractivity contribution in [2.75, 3.05) is 18.4 Å². The quantitative estimate of drug-likeness (QED) is 0.370. The molecule has 0 spiro atoms. The fraction of sp³-hybridized carbons (Fsp3) is 0.250. The van der Waals surface area contributed by atoms with Gasteiger partial charge in [0, 0.05) is 42.9 Å². The van der Waals surface area contributed by atoms with E-state index in [9.17, 15) is 26.7 Å². The first-order valence-electron chi connectivity index (χ1n) is 10.9. The molecule has 1 fully saturated rings. The molecule has 2 N–H and O–H groups in total. The second-order valence-electron chi connectivity index (χ2n) is 8.62. The van der Waals surface area contributed by atoms with Crippen LogP contribution in [0, 0.1) is 0 Å². The Hall–Kier alpha value is -3.93. The molecule has 7 nitrogen and oxygen atoms in total. The number of halogens is 5. The fourth-order valence-corrected chi connectivity index (χ4v) is 4.12. The molecular weight excluding hydrogens is 483 g/mol. The van der Waals surface area contributed by atoms with E-state index in [1.165, 1.54) is 0 Å². The lowest BCUT2D eigenvalue weighted by Gasteiger charge is -2.15. The number of carbonyl (C=O) groups is 1. The average molecular weight is 502 g/mol. The number of carbonyl (C=O) groups excluding carboxylic acids is 1. The maximum atomic E-state index is 13.5. The van der Waals surface area contributed by atoms with Gasteiger partial charge in [-0.25, -0.2) is 13.8 Å². The van der Waals surface area contributed by atoms with Gasteiger partial charge in [-0.2, -0.15) is 18.3 Å². The van der Waals surface area contributed by atoms with Gasteiger partial charge < -0.3 is 5.32 Å². The van der Waals surface area contributed by atoms with Crippen LogP contribution in [0.1, 0.15) is 28.2 Å². The molecule has 0 radical (unpaired) electrons. The predicted molar refractivity (Wildman–Crippen MR) is 121 cm³/mol. The lowest BCUT2D eigenvalue weighted by Crippen LogP contribution is -2.24. The molecule has 1 saturated heterocycles. The number of rotatable bonds is 5. The van der Waals surface area contributed by atoms with E-state index in [0.717, 1.165) is 35.0 Å². The van der Waals surface area contributed by atoms with E-state index in [1.54, 1.807) is 29.4 Å². The highest BCUT2D eigenvalue weighted by Crippen LogP contribution is 2.30. The number of fused-ring (bicyclic) bond motifs is 1. The summed E-state index contributed by atoms with van der Waals surface area (Å²) >= 11 is 0. The first kappa shape index (κ1) is 23.8. The second kappa shape index (κ2) is 8.94. The Labute approximate surface area is 201 Å². The van der Waals surface area contributed by atoms with Gasteiger partial charge >= 0.3 is 6.18 Å². The maximum absolute atomic E-state index is 13.5. The van der Waals surface area contributed by atoms with E-state index in [4.69, 9.17) is 0 Å². The van der Waals surface area contributed by atoms with Crippen LogP contribution >= 0.6 is 0 Å². The highest BCUT2D eigenvalue weighted by molar-refractivity contribution is 6.11. The molecule has 1 aromatic carbocycles. The van der Waals surface area contributed by atoms with Crippen molar-refractivity contribution < 1.29 is 26.7 Å². The zero-order valence-corrected chi connectivity index (χ0v) is 18.6. The molecule has 36 heavy (non-hydrogen) atoms. The minimum Gasteiger partial charge on any atom is -0.319 e. The number of H-pyrrole nitrogens is 1. The summed E-state index contributed by atoms with van der Waals surface area (Å²) in [6.45, 7) is 0.371. The van der Waals surface area contributed by atoms with Crippen LogP contribution in [-0.2, 0) is 12.7 Å². The number of likely N-dealkylation sites (tertiary alicyclic amines) is 1. The molecule has 1 aliphatic rings. The molecule has 5 rings (SSSR count). The van der Waals surface area contributed by atoms with Crippen molar-refractivity contribution in [1.82, 2.24) is 25.1 Å². The lowest BCUT2D eigenvalue weighted by molar-refractivity contribution is -0.141. The summed E-state index contributed by atoms with van der Waals surface area (Å²) in [4.78, 5) is 22.0. The van der Waals surface area contributed by atoms with E-state index in [1.807, 2.05) is 12.1 Å². The maximum Gasteiger partial charge on any atom is 0.433 e. The molecule has 0 saturated carbocycles. The molecule has 0 aliphatic carbocycles. The number of anilines is 1. The number of alkyl halides is 5. The smallest absolute Gasteiger partial charge is 0.319 e. The van der Waals surface area contributed by atoms with Gasteiger partial charge in [0.05, 0.1) is 23.9 Å². The van der Waals surface area contributed by atoms with Gasteiger partial charge in [0.15, 0.2) is 5.69 Å². The molecule has 0 bridgehead atoms. The number of nitrogens with one attached hydrogen (secondary N) is 2. The minimum atomic E-state index is -4.58. The topological polar surface area (TPSA) is 86.8 Å². The summed E-state index contributed by atoms with van der Waals surface area (Å²) in [5.74, 6) is -3.30. The van der Waals surface area contributed by atoms with Crippen LogP contribution < -0.4 is 5.32 Å². The van der Waals surface area contributed by atoms with Crippen LogP contribution in [0.4, 0.5) is 27.6 Å². The predicted octanol–water partition coefficient (Wildman–Crippen LogP) is 5.13. The molecule has 1 amide bonds. The van der Waals surface area contributed by atoms with Crippen LogP contribution in [-0.4, -0.2) is 50.0 Å². The number of aromatic nitrogens is 4. The SMILES string of the molecule is O=C(Nc1ccc(C(F)(F)F)nc1)c1n[nH]c2ccc(-c3cncc(CN4CCC(F)(F)C4)c3)cc12. The van der Waals surface area contributed by atoms with E-state index < -0.39 is 23.7 Å². The second-order valence-corrected chi connectivity index (χ2v) is 8.62. The molecule has 186 valence electrons. The summed E-state index contributed by atoms with van der Waals surface area (Å²) in [6.07, 6.45) is -0.549. The summed E-state index contributed by atoms with van der Waals surface area (Å²) in [5, 5.41) is 9.81. The zero-order chi connectivity index (χ0) is 25.5. The average Bonchev–Trinajstić information content (AvgIpc) is 3.41. The fourth-order valence-electron chi connectivity index (χ4n) is 4.12. The van der Waals surface area contributed by atoms with E-state index in [0.29, 0.717) is 24.0 Å². The number of hydrogen-bond donors (Lipinski definition) is 2. The number of nitrogens with zero attached hydrogens (tertiary/aromatic N) is 4. The monoisotopic (exact) mass is 502 g/mol. The number of hydrogen-bond acceptors (Lipinski definition) is 5. The van der Waals surface area contributed by atoms with Gasteiger partial charge in [-0.15, -0.1) is 0 Å². The summed E-state index contributed by atoms with van der Waals surface area (Å²) in [5.41, 5.74) is 1.91. The van der Waals surface area contributed by atoms with Crippen LogP contribution in [0.5, 0.6) is 0 Å². The van der Waals surface area contributed by atoms with E-state index in [2.05, 4.69) is 25.5 Å². The molecule has 4 heterocycles. The molecule has 0 unspecified atom stereocenters. The first-order chi connectivity index (χ1) is 17.1. The Bertz CT molecular complexity index is 1420. The van der Waals surface area contributed by atoms with Crippen LogP contribution in [0.15, 0.2) is 55.0 Å². The zero-order valence-electron chi connectivity index (χ0n) is 18.6. The lowest BCUT2D eigenvalue weighted by atomic mass is 10.0. The number of pyridine rings is 2. The van der Waals surface area contributed by atoms with Crippen molar-refractivity contribution in [3.05, 3.63) is 71.9 Å². The number of amides is 1. The Kier molecular flexibility index (Phi) is 5.91.